The molecule has 2 heteroatoms. The number of para-hydroxylation sites is 2. The van der Waals surface area contributed by atoms with E-state index in [1.165, 1.54) is 33.0 Å². The zero-order chi connectivity index (χ0) is 27.9. The van der Waals surface area contributed by atoms with E-state index in [1.807, 2.05) is 12.1 Å². The first-order valence-electron chi connectivity index (χ1n) is 14.3. The van der Waals surface area contributed by atoms with Gasteiger partial charge in [-0.3, -0.25) is 0 Å². The van der Waals surface area contributed by atoms with Crippen LogP contribution in [0.15, 0.2) is 168 Å². The summed E-state index contributed by atoms with van der Waals surface area (Å²) in [4.78, 5) is 2.34. The van der Waals surface area contributed by atoms with Crippen molar-refractivity contribution in [2.24, 2.45) is 0 Å². The second-order valence-electron chi connectivity index (χ2n) is 10.6. The van der Waals surface area contributed by atoms with Crippen LogP contribution < -0.4 is 4.90 Å². The van der Waals surface area contributed by atoms with Gasteiger partial charge in [0.1, 0.15) is 11.2 Å². The van der Waals surface area contributed by atoms with Gasteiger partial charge in [-0.1, -0.05) is 115 Å². The fraction of sp³-hybridized carbons (Fsp3) is 0. The fourth-order valence-corrected chi connectivity index (χ4v) is 6.00. The largest absolute Gasteiger partial charge is 0.456 e. The van der Waals surface area contributed by atoms with Gasteiger partial charge in [0.25, 0.3) is 0 Å². The Kier molecular flexibility index (Phi) is 5.82. The molecule has 1 aromatic heterocycles. The predicted molar refractivity (Wildman–Crippen MR) is 177 cm³/mol. The van der Waals surface area contributed by atoms with Crippen LogP contribution in [-0.4, -0.2) is 0 Å². The number of furan rings is 1. The molecule has 0 aliphatic rings. The molecule has 8 rings (SSSR count). The van der Waals surface area contributed by atoms with Crippen LogP contribution in [0.5, 0.6) is 0 Å². The van der Waals surface area contributed by atoms with Gasteiger partial charge >= 0.3 is 0 Å². The van der Waals surface area contributed by atoms with Gasteiger partial charge in [-0.15, -0.1) is 0 Å². The Hall–Kier alpha value is -5.60. The topological polar surface area (TPSA) is 16.4 Å². The van der Waals surface area contributed by atoms with E-state index in [0.717, 1.165) is 39.0 Å². The Balaban J connectivity index is 1.26. The van der Waals surface area contributed by atoms with E-state index in [-0.39, 0.29) is 0 Å². The van der Waals surface area contributed by atoms with Crippen LogP contribution >= 0.6 is 0 Å². The van der Waals surface area contributed by atoms with Gasteiger partial charge in [-0.2, -0.15) is 0 Å². The third-order valence-corrected chi connectivity index (χ3v) is 8.05. The van der Waals surface area contributed by atoms with Gasteiger partial charge in [0.15, 0.2) is 0 Å². The zero-order valence-corrected chi connectivity index (χ0v) is 22.9. The summed E-state index contributed by atoms with van der Waals surface area (Å²) in [6, 6.07) is 58.0. The third kappa shape index (κ3) is 4.22. The average Bonchev–Trinajstić information content (AvgIpc) is 3.45. The Labute approximate surface area is 244 Å². The molecule has 7 aromatic carbocycles. The SMILES string of the molecule is c1ccc(-c2ccc(-c3cccc(N(c4ccccc4)c4ccc5ccc6oc7ccccc7c6c5c4)c3)cc2)cc1. The van der Waals surface area contributed by atoms with E-state index >= 15 is 0 Å². The van der Waals surface area contributed by atoms with Crippen molar-refractivity contribution in [1.29, 1.82) is 0 Å². The Morgan fingerprint density at radius 2 is 0.952 bits per heavy atom. The first kappa shape index (κ1) is 24.2. The normalized spacial score (nSPS) is 11.3. The number of rotatable bonds is 5. The first-order valence-corrected chi connectivity index (χ1v) is 14.3. The van der Waals surface area contributed by atoms with Gasteiger partial charge in [0, 0.05) is 27.8 Å². The van der Waals surface area contributed by atoms with Crippen molar-refractivity contribution < 1.29 is 4.42 Å². The molecular weight excluding hydrogens is 510 g/mol. The lowest BCUT2D eigenvalue weighted by atomic mass is 9.99. The number of anilines is 3. The molecule has 0 aliphatic carbocycles. The smallest absolute Gasteiger partial charge is 0.136 e. The molecule has 0 fully saturated rings. The van der Waals surface area contributed by atoms with Crippen LogP contribution in [0.1, 0.15) is 0 Å². The minimum atomic E-state index is 0.910. The van der Waals surface area contributed by atoms with Gasteiger partial charge in [0.2, 0.25) is 0 Å². The number of fused-ring (bicyclic) bond motifs is 5. The monoisotopic (exact) mass is 537 g/mol. The Morgan fingerprint density at radius 1 is 0.357 bits per heavy atom. The quantitative estimate of drug-likeness (QED) is 0.217. The highest BCUT2D eigenvalue weighted by molar-refractivity contribution is 6.19. The van der Waals surface area contributed by atoms with Crippen LogP contribution in [0, 0.1) is 0 Å². The number of hydrogen-bond donors (Lipinski definition) is 0. The molecule has 0 spiro atoms. The number of hydrogen-bond acceptors (Lipinski definition) is 2. The molecule has 0 saturated carbocycles. The molecule has 0 saturated heterocycles. The molecular formula is C40H27NO. The first-order chi connectivity index (χ1) is 20.8. The van der Waals surface area contributed by atoms with E-state index in [1.54, 1.807) is 0 Å². The summed E-state index contributed by atoms with van der Waals surface area (Å²) in [6.45, 7) is 0. The molecule has 0 amide bonds. The van der Waals surface area contributed by atoms with Crippen molar-refractivity contribution in [2.45, 2.75) is 0 Å². The summed E-state index contributed by atoms with van der Waals surface area (Å²) < 4.78 is 6.22. The number of benzene rings is 7. The molecule has 0 atom stereocenters. The molecule has 8 aromatic rings. The van der Waals surface area contributed by atoms with Crippen molar-refractivity contribution in [2.75, 3.05) is 4.90 Å². The molecule has 2 nitrogen and oxygen atoms in total. The van der Waals surface area contributed by atoms with Crippen molar-refractivity contribution in [3.8, 4) is 22.3 Å². The van der Waals surface area contributed by atoms with Crippen LogP contribution in [0.4, 0.5) is 17.1 Å². The zero-order valence-electron chi connectivity index (χ0n) is 22.9. The summed E-state index contributed by atoms with van der Waals surface area (Å²) in [5.74, 6) is 0. The van der Waals surface area contributed by atoms with Crippen LogP contribution in [0.3, 0.4) is 0 Å². The molecule has 0 bridgehead atoms. The van der Waals surface area contributed by atoms with Gasteiger partial charge < -0.3 is 9.32 Å². The van der Waals surface area contributed by atoms with E-state index in [4.69, 9.17) is 4.42 Å². The molecule has 0 unspecified atom stereocenters. The summed E-state index contributed by atoms with van der Waals surface area (Å²) in [5.41, 5.74) is 9.95. The summed E-state index contributed by atoms with van der Waals surface area (Å²) >= 11 is 0. The Bertz CT molecular complexity index is 2180. The molecule has 0 N–H and O–H groups in total. The Morgan fingerprint density at radius 3 is 1.76 bits per heavy atom. The van der Waals surface area contributed by atoms with Crippen LogP contribution in [-0.2, 0) is 0 Å². The van der Waals surface area contributed by atoms with Crippen molar-refractivity contribution in [1.82, 2.24) is 0 Å². The lowest BCUT2D eigenvalue weighted by Crippen LogP contribution is -2.09. The minimum Gasteiger partial charge on any atom is -0.456 e. The maximum absolute atomic E-state index is 6.22. The summed E-state index contributed by atoms with van der Waals surface area (Å²) in [7, 11) is 0. The predicted octanol–water partition coefficient (Wildman–Crippen LogP) is 11.5. The second kappa shape index (κ2) is 10.1. The number of nitrogens with zero attached hydrogens (tertiary/aromatic N) is 1. The van der Waals surface area contributed by atoms with Crippen LogP contribution in [0.2, 0.25) is 0 Å². The average molecular weight is 538 g/mol. The summed E-state index contributed by atoms with van der Waals surface area (Å²) in [6.07, 6.45) is 0. The molecule has 1 heterocycles. The highest BCUT2D eigenvalue weighted by atomic mass is 16.3. The highest BCUT2D eigenvalue weighted by Gasteiger charge is 2.16. The summed E-state index contributed by atoms with van der Waals surface area (Å²) in [5, 5.41) is 4.68. The molecule has 42 heavy (non-hydrogen) atoms. The fourth-order valence-electron chi connectivity index (χ4n) is 6.00. The maximum Gasteiger partial charge on any atom is 0.136 e. The molecule has 198 valence electrons. The van der Waals surface area contributed by atoms with Gasteiger partial charge in [-0.05, 0) is 81.6 Å². The lowest BCUT2D eigenvalue weighted by Gasteiger charge is -2.26. The standard InChI is InChI=1S/C40H27NO/c1-3-10-28(11-4-1)29-18-20-30(21-19-29)32-12-9-15-34(26-32)41(33-13-5-2-6-14-33)35-24-22-31-23-25-39-40(37(31)27-35)36-16-7-8-17-38(36)42-39/h1-27H. The molecule has 0 radical (unpaired) electrons. The van der Waals surface area contributed by atoms with Gasteiger partial charge in [0.05, 0.1) is 0 Å². The van der Waals surface area contributed by atoms with E-state index in [9.17, 15) is 0 Å². The van der Waals surface area contributed by atoms with Crippen molar-refractivity contribution in [3.05, 3.63) is 164 Å². The second-order valence-corrected chi connectivity index (χ2v) is 10.6. The van der Waals surface area contributed by atoms with E-state index in [2.05, 4.69) is 157 Å². The maximum atomic E-state index is 6.22. The minimum absolute atomic E-state index is 0.910. The lowest BCUT2D eigenvalue weighted by molar-refractivity contribution is 0.669. The molecule has 0 aliphatic heterocycles. The van der Waals surface area contributed by atoms with E-state index in [0.29, 0.717) is 0 Å². The third-order valence-electron chi connectivity index (χ3n) is 8.05. The van der Waals surface area contributed by atoms with E-state index < -0.39 is 0 Å². The van der Waals surface area contributed by atoms with Crippen molar-refractivity contribution in [3.63, 3.8) is 0 Å². The highest BCUT2D eigenvalue weighted by Crippen LogP contribution is 2.41. The van der Waals surface area contributed by atoms with Crippen molar-refractivity contribution >= 4 is 49.8 Å². The van der Waals surface area contributed by atoms with Gasteiger partial charge in [-0.25, -0.2) is 0 Å². The van der Waals surface area contributed by atoms with Crippen LogP contribution in [0.25, 0.3) is 55.0 Å².